The van der Waals surface area contributed by atoms with E-state index in [0.29, 0.717) is 22.8 Å². The van der Waals surface area contributed by atoms with Crippen molar-refractivity contribution in [2.24, 2.45) is 5.92 Å². The second-order valence-corrected chi connectivity index (χ2v) is 9.54. The summed E-state index contributed by atoms with van der Waals surface area (Å²) in [5.41, 5.74) is -2.55. The van der Waals surface area contributed by atoms with Gasteiger partial charge in [0.2, 0.25) is 0 Å². The van der Waals surface area contributed by atoms with Gasteiger partial charge in [-0.05, 0) is 69.0 Å². The second-order valence-electron chi connectivity index (χ2n) is 8.40. The highest BCUT2D eigenvalue weighted by molar-refractivity contribution is 8.00. The van der Waals surface area contributed by atoms with Crippen LogP contribution in [0.4, 0.5) is 19.0 Å². The van der Waals surface area contributed by atoms with Crippen molar-refractivity contribution in [3.05, 3.63) is 42.6 Å². The number of aliphatic hydroxyl groups is 3. The number of aliphatic hydroxyl groups excluding tert-OH is 1. The van der Waals surface area contributed by atoms with Gasteiger partial charge in [0, 0.05) is 35.4 Å². The molecule has 1 aliphatic carbocycles. The molecule has 0 amide bonds. The number of nitrogens with one attached hydrogen (secondary N) is 1. The summed E-state index contributed by atoms with van der Waals surface area (Å²) in [5.74, 6) is -0.405. The summed E-state index contributed by atoms with van der Waals surface area (Å²) in [6.07, 6.45) is 4.53. The first-order valence-electron chi connectivity index (χ1n) is 10.4. The molecule has 7 nitrogen and oxygen atoms in total. The molecule has 2 heterocycles. The normalized spacial score (nSPS) is 18.8. The summed E-state index contributed by atoms with van der Waals surface area (Å²) in [6, 6.07) is 10.1. The number of hydrogen-bond acceptors (Lipinski definition) is 7. The molecule has 0 saturated heterocycles. The molecule has 2 aromatic heterocycles. The lowest BCUT2D eigenvalue weighted by molar-refractivity contribution is -0.127. The predicted octanol–water partition coefficient (Wildman–Crippen LogP) is 4.29. The molecule has 1 aromatic carbocycles. The predicted molar refractivity (Wildman–Crippen MR) is 121 cm³/mol. The number of aromatic nitrogens is 3. The third-order valence-electron chi connectivity index (χ3n) is 4.87. The Morgan fingerprint density at radius 2 is 1.88 bits per heavy atom. The van der Waals surface area contributed by atoms with Gasteiger partial charge in [0.1, 0.15) is 5.82 Å². The molecule has 1 fully saturated rings. The van der Waals surface area contributed by atoms with Gasteiger partial charge < -0.3 is 20.6 Å². The first-order valence-corrected chi connectivity index (χ1v) is 11.3. The van der Waals surface area contributed by atoms with Gasteiger partial charge in [-0.25, -0.2) is 4.98 Å². The fourth-order valence-corrected chi connectivity index (χ4v) is 4.18. The fourth-order valence-electron chi connectivity index (χ4n) is 3.58. The number of anilines is 1. The van der Waals surface area contributed by atoms with E-state index in [2.05, 4.69) is 15.4 Å². The van der Waals surface area contributed by atoms with Crippen LogP contribution in [0.25, 0.3) is 16.9 Å². The molecular formula is C22H27F3N4O3S. The van der Waals surface area contributed by atoms with Crippen LogP contribution in [0.3, 0.4) is 0 Å². The van der Waals surface area contributed by atoms with Gasteiger partial charge in [-0.15, -0.1) is 0 Å². The third kappa shape index (κ3) is 7.88. The lowest BCUT2D eigenvalue weighted by atomic mass is 10.1. The van der Waals surface area contributed by atoms with E-state index in [1.165, 1.54) is 26.0 Å². The number of thioether (sulfide) groups is 1. The molecule has 1 aliphatic rings. The van der Waals surface area contributed by atoms with Crippen LogP contribution in [-0.4, -0.2) is 53.9 Å². The van der Waals surface area contributed by atoms with Crippen LogP contribution < -0.4 is 5.32 Å². The minimum absolute atomic E-state index is 0.120. The van der Waals surface area contributed by atoms with Crippen LogP contribution in [0.15, 0.2) is 47.5 Å². The molecule has 4 N–H and O–H groups in total. The van der Waals surface area contributed by atoms with Crippen LogP contribution in [0.5, 0.6) is 0 Å². The van der Waals surface area contributed by atoms with Gasteiger partial charge in [0.05, 0.1) is 5.69 Å². The van der Waals surface area contributed by atoms with E-state index < -0.39 is 11.3 Å². The van der Waals surface area contributed by atoms with E-state index in [0.717, 1.165) is 25.1 Å². The summed E-state index contributed by atoms with van der Waals surface area (Å²) in [4.78, 5) is 4.43. The average Bonchev–Trinajstić information content (AvgIpc) is 3.33. The highest BCUT2D eigenvalue weighted by Crippen LogP contribution is 2.38. The van der Waals surface area contributed by atoms with E-state index >= 15 is 0 Å². The molecule has 2 unspecified atom stereocenters. The van der Waals surface area contributed by atoms with Crippen LogP contribution in [0.1, 0.15) is 33.1 Å². The standard InChI is InChI=1S/C19H19F3N4OS.C3H8O2/c20-19(21,22)28-15-3-1-2-13(9-15)16-10-18-23-7-6-17(26(18)25-16)24-14-5-4-12(8-14)11-27;1-3(2,4)5/h1-3,6-7,9-10,12,14,24,27H,4-5,8,11H2;4-5H,1-2H3. The maximum atomic E-state index is 12.7. The van der Waals surface area contributed by atoms with Crippen molar-refractivity contribution in [1.82, 2.24) is 14.6 Å². The summed E-state index contributed by atoms with van der Waals surface area (Å²) in [6.45, 7) is 2.79. The maximum Gasteiger partial charge on any atom is 0.446 e. The molecule has 4 rings (SSSR count). The Hall–Kier alpha value is -2.34. The van der Waals surface area contributed by atoms with E-state index in [9.17, 15) is 18.3 Å². The highest BCUT2D eigenvalue weighted by Gasteiger charge is 2.29. The summed E-state index contributed by atoms with van der Waals surface area (Å²) < 4.78 is 39.6. The zero-order valence-electron chi connectivity index (χ0n) is 18.3. The smallest absolute Gasteiger partial charge is 0.396 e. The maximum absolute atomic E-state index is 12.7. The minimum Gasteiger partial charge on any atom is -0.396 e. The third-order valence-corrected chi connectivity index (χ3v) is 5.59. The molecule has 1 saturated carbocycles. The molecule has 0 aliphatic heterocycles. The van der Waals surface area contributed by atoms with E-state index in [-0.39, 0.29) is 29.3 Å². The first-order chi connectivity index (χ1) is 15.4. The topological polar surface area (TPSA) is 103 Å². The SMILES string of the molecule is CC(C)(O)O.OCC1CCC(Nc2ccnc3cc(-c4cccc(SC(F)(F)F)c4)nn23)C1. The van der Waals surface area contributed by atoms with Crippen molar-refractivity contribution in [1.29, 1.82) is 0 Å². The Morgan fingerprint density at radius 3 is 2.52 bits per heavy atom. The summed E-state index contributed by atoms with van der Waals surface area (Å²) in [5, 5.41) is 33.5. The van der Waals surface area contributed by atoms with Crippen molar-refractivity contribution in [2.45, 2.75) is 55.3 Å². The van der Waals surface area contributed by atoms with E-state index in [4.69, 9.17) is 10.2 Å². The zero-order valence-corrected chi connectivity index (χ0v) is 19.1. The first kappa shape index (κ1) is 25.3. The van der Waals surface area contributed by atoms with Crippen LogP contribution in [0.2, 0.25) is 0 Å². The van der Waals surface area contributed by atoms with Crippen molar-refractivity contribution < 1.29 is 28.5 Å². The van der Waals surface area contributed by atoms with Gasteiger partial charge >= 0.3 is 5.51 Å². The quantitative estimate of drug-likeness (QED) is 0.317. The van der Waals surface area contributed by atoms with Gasteiger partial charge in [0.25, 0.3) is 0 Å². The Bertz CT molecular complexity index is 1060. The molecule has 11 heteroatoms. The van der Waals surface area contributed by atoms with Gasteiger partial charge in [-0.1, -0.05) is 12.1 Å². The van der Waals surface area contributed by atoms with E-state index in [1.807, 2.05) is 6.07 Å². The molecular weight excluding hydrogens is 457 g/mol. The van der Waals surface area contributed by atoms with Crippen molar-refractivity contribution in [3.8, 4) is 11.3 Å². The molecule has 2 atom stereocenters. The van der Waals surface area contributed by atoms with Crippen LogP contribution in [-0.2, 0) is 0 Å². The van der Waals surface area contributed by atoms with Gasteiger partial charge in [0.15, 0.2) is 11.4 Å². The minimum atomic E-state index is -4.33. The highest BCUT2D eigenvalue weighted by atomic mass is 32.2. The lowest BCUT2D eigenvalue weighted by Crippen LogP contribution is -2.18. The monoisotopic (exact) mass is 484 g/mol. The Labute approximate surface area is 193 Å². The summed E-state index contributed by atoms with van der Waals surface area (Å²) in [7, 11) is 0. The number of nitrogens with zero attached hydrogens (tertiary/aromatic N) is 3. The number of hydrogen-bond donors (Lipinski definition) is 4. The number of rotatable bonds is 5. The molecule has 3 aromatic rings. The average molecular weight is 485 g/mol. The molecule has 0 spiro atoms. The van der Waals surface area contributed by atoms with Gasteiger partial charge in [-0.3, -0.25) is 0 Å². The number of fused-ring (bicyclic) bond motifs is 1. The van der Waals surface area contributed by atoms with Crippen molar-refractivity contribution in [3.63, 3.8) is 0 Å². The van der Waals surface area contributed by atoms with Crippen LogP contribution in [0, 0.1) is 5.92 Å². The molecule has 180 valence electrons. The van der Waals surface area contributed by atoms with Crippen molar-refractivity contribution >= 4 is 23.2 Å². The Kier molecular flexibility index (Phi) is 7.88. The van der Waals surface area contributed by atoms with E-state index in [1.54, 1.807) is 28.9 Å². The number of halogens is 3. The summed E-state index contributed by atoms with van der Waals surface area (Å²) >= 11 is -0.140. The van der Waals surface area contributed by atoms with Crippen molar-refractivity contribution in [2.75, 3.05) is 11.9 Å². The number of benzene rings is 1. The van der Waals surface area contributed by atoms with Gasteiger partial charge in [-0.2, -0.15) is 22.8 Å². The number of alkyl halides is 3. The fraction of sp³-hybridized carbons (Fsp3) is 0.455. The molecule has 0 bridgehead atoms. The Morgan fingerprint density at radius 1 is 1.15 bits per heavy atom. The second kappa shape index (κ2) is 10.3. The molecule has 0 radical (unpaired) electrons. The van der Waals surface area contributed by atoms with Crippen LogP contribution >= 0.6 is 11.8 Å². The zero-order chi connectivity index (χ0) is 24.2. The molecule has 33 heavy (non-hydrogen) atoms. The lowest BCUT2D eigenvalue weighted by Gasteiger charge is -2.14. The largest absolute Gasteiger partial charge is 0.446 e. The Balaban J connectivity index is 0.000000555.